The third-order valence-electron chi connectivity index (χ3n) is 5.85. The molecule has 0 spiro atoms. The van der Waals surface area contributed by atoms with Crippen LogP contribution in [0.3, 0.4) is 0 Å². The lowest BCUT2D eigenvalue weighted by atomic mass is 9.96. The van der Waals surface area contributed by atoms with Crippen LogP contribution in [0.25, 0.3) is 0 Å². The fraction of sp³-hybridized carbons (Fsp3) is 0.650. The van der Waals surface area contributed by atoms with Crippen molar-refractivity contribution in [3.63, 3.8) is 0 Å². The Kier molecular flexibility index (Phi) is 8.68. The molecule has 2 fully saturated rings. The summed E-state index contributed by atoms with van der Waals surface area (Å²) in [6.45, 7) is 1.62. The van der Waals surface area contributed by atoms with Crippen LogP contribution in [0.5, 0.6) is 0 Å². The molecule has 1 heterocycles. The average Bonchev–Trinajstić information content (AvgIpc) is 2.75. The number of piperazine rings is 1. The van der Waals surface area contributed by atoms with Crippen LogP contribution in [-0.2, 0) is 15.0 Å². The third-order valence-corrected chi connectivity index (χ3v) is 8.69. The minimum absolute atomic E-state index is 0.0636. The number of nitrogens with one attached hydrogen (secondary N) is 1. The van der Waals surface area contributed by atoms with Gasteiger partial charge in [-0.05, 0) is 25.0 Å². The van der Waals surface area contributed by atoms with Crippen molar-refractivity contribution in [1.29, 1.82) is 0 Å². The first-order valence-corrected chi connectivity index (χ1v) is 12.8. The van der Waals surface area contributed by atoms with Crippen LogP contribution in [-0.4, -0.2) is 79.4 Å². The van der Waals surface area contributed by atoms with Crippen LogP contribution in [0.1, 0.15) is 32.1 Å². The second-order valence-electron chi connectivity index (χ2n) is 7.91. The van der Waals surface area contributed by atoms with E-state index in [0.29, 0.717) is 48.5 Å². The summed E-state index contributed by atoms with van der Waals surface area (Å²) >= 11 is 0.391. The number of thioether (sulfide) groups is 1. The van der Waals surface area contributed by atoms with E-state index in [1.807, 2.05) is 4.90 Å². The first kappa shape index (κ1) is 24.4. The molecule has 31 heavy (non-hydrogen) atoms. The molecule has 0 atom stereocenters. The molecule has 3 rings (SSSR count). The van der Waals surface area contributed by atoms with Crippen molar-refractivity contribution in [2.24, 2.45) is 0 Å². The molecule has 0 radical (unpaired) electrons. The number of nitrogens with zero attached hydrogens (tertiary/aromatic N) is 3. The van der Waals surface area contributed by atoms with E-state index in [2.05, 4.69) is 5.32 Å². The number of benzene rings is 1. The first-order valence-electron chi connectivity index (χ1n) is 10.6. The lowest BCUT2D eigenvalue weighted by Crippen LogP contribution is -2.55. The molecular weight excluding hydrogens is 446 g/mol. The predicted octanol–water partition coefficient (Wildman–Crippen LogP) is 3.07. The fourth-order valence-corrected chi connectivity index (χ4v) is 6.27. The van der Waals surface area contributed by atoms with Gasteiger partial charge in [-0.3, -0.25) is 9.69 Å². The van der Waals surface area contributed by atoms with Gasteiger partial charge in [-0.2, -0.15) is 25.8 Å². The van der Waals surface area contributed by atoms with Crippen molar-refractivity contribution >= 4 is 33.6 Å². The summed E-state index contributed by atoms with van der Waals surface area (Å²) in [6, 6.07) is 6.52. The molecule has 2 aliphatic rings. The molecule has 1 aliphatic heterocycles. The second kappa shape index (κ2) is 11.0. The quantitative estimate of drug-likeness (QED) is 0.584. The normalized spacial score (nSPS) is 19.8. The number of amides is 1. The molecular formula is C20H30F2N4O3S2. The third kappa shape index (κ3) is 6.61. The zero-order valence-corrected chi connectivity index (χ0v) is 19.3. The second-order valence-corrected chi connectivity index (χ2v) is 10.9. The number of rotatable bonds is 8. The number of anilines is 1. The molecule has 1 saturated heterocycles. The molecule has 174 valence electrons. The van der Waals surface area contributed by atoms with E-state index in [0.717, 1.165) is 32.1 Å². The van der Waals surface area contributed by atoms with E-state index in [1.54, 1.807) is 31.3 Å². The van der Waals surface area contributed by atoms with E-state index >= 15 is 0 Å². The Morgan fingerprint density at radius 3 is 2.45 bits per heavy atom. The van der Waals surface area contributed by atoms with Gasteiger partial charge in [0.25, 0.3) is 16.0 Å². The smallest absolute Gasteiger partial charge is 0.288 e. The molecule has 0 bridgehead atoms. The minimum atomic E-state index is -3.51. The maximum atomic E-state index is 13.0. The molecule has 1 aromatic carbocycles. The minimum Gasteiger partial charge on any atom is -0.324 e. The van der Waals surface area contributed by atoms with Crippen molar-refractivity contribution in [2.75, 3.05) is 45.1 Å². The SMILES string of the molecule is CN(C1CCCCC1)S(=O)(=O)N1CCN(CC(=O)Nc2ccccc2SC(F)F)CC1. The van der Waals surface area contributed by atoms with Crippen molar-refractivity contribution in [3.05, 3.63) is 24.3 Å². The van der Waals surface area contributed by atoms with Gasteiger partial charge in [-0.1, -0.05) is 43.2 Å². The van der Waals surface area contributed by atoms with Crippen LogP contribution in [0.2, 0.25) is 0 Å². The first-order chi connectivity index (χ1) is 14.8. The number of hydrogen-bond donors (Lipinski definition) is 1. The molecule has 1 aromatic rings. The number of carbonyl (C=O) groups excluding carboxylic acids is 1. The highest BCUT2D eigenvalue weighted by atomic mass is 32.2. The number of carbonyl (C=O) groups is 1. The summed E-state index contributed by atoms with van der Waals surface area (Å²) in [7, 11) is -1.85. The highest BCUT2D eigenvalue weighted by Gasteiger charge is 2.34. The molecule has 1 N–H and O–H groups in total. The maximum absolute atomic E-state index is 13.0. The number of hydrogen-bond acceptors (Lipinski definition) is 5. The fourth-order valence-electron chi connectivity index (χ4n) is 4.10. The Balaban J connectivity index is 1.50. The number of halogens is 2. The Hall–Kier alpha value is -1.27. The average molecular weight is 477 g/mol. The zero-order valence-electron chi connectivity index (χ0n) is 17.7. The van der Waals surface area contributed by atoms with Gasteiger partial charge in [0.05, 0.1) is 12.2 Å². The zero-order chi connectivity index (χ0) is 22.4. The number of para-hydroxylation sites is 1. The largest absolute Gasteiger partial charge is 0.324 e. The van der Waals surface area contributed by atoms with Crippen molar-refractivity contribution < 1.29 is 22.0 Å². The lowest BCUT2D eigenvalue weighted by molar-refractivity contribution is -0.117. The molecule has 1 aliphatic carbocycles. The van der Waals surface area contributed by atoms with Crippen molar-refractivity contribution in [3.8, 4) is 0 Å². The van der Waals surface area contributed by atoms with Gasteiger partial charge < -0.3 is 5.32 Å². The van der Waals surface area contributed by atoms with Crippen LogP contribution in [0.4, 0.5) is 14.5 Å². The molecule has 0 unspecified atom stereocenters. The molecule has 11 heteroatoms. The van der Waals surface area contributed by atoms with Gasteiger partial charge in [0.2, 0.25) is 5.91 Å². The number of alkyl halides is 2. The summed E-state index contributed by atoms with van der Waals surface area (Å²) in [6.07, 6.45) is 5.09. The van der Waals surface area contributed by atoms with E-state index in [-0.39, 0.29) is 18.5 Å². The van der Waals surface area contributed by atoms with Crippen LogP contribution in [0.15, 0.2) is 29.2 Å². The van der Waals surface area contributed by atoms with E-state index in [4.69, 9.17) is 0 Å². The Morgan fingerprint density at radius 1 is 1.16 bits per heavy atom. The summed E-state index contributed by atoms with van der Waals surface area (Å²) in [5, 5.41) is 2.69. The molecule has 1 saturated carbocycles. The van der Waals surface area contributed by atoms with E-state index in [1.165, 1.54) is 8.61 Å². The standard InChI is InChI=1S/C20H30F2N4O3S2/c1-24(16-7-3-2-4-8-16)31(28,29)26-13-11-25(12-14-26)15-19(27)23-17-9-5-6-10-18(17)30-20(21)22/h5-6,9-10,16,20H,2-4,7-8,11-15H2,1H3,(H,23,27). The Labute approximate surface area is 187 Å². The summed E-state index contributed by atoms with van der Waals surface area (Å²) < 4.78 is 54.4. The van der Waals surface area contributed by atoms with Gasteiger partial charge in [0.15, 0.2) is 0 Å². The van der Waals surface area contributed by atoms with Gasteiger partial charge in [-0.15, -0.1) is 0 Å². The van der Waals surface area contributed by atoms with Crippen LogP contribution >= 0.6 is 11.8 Å². The molecule has 0 aromatic heterocycles. The van der Waals surface area contributed by atoms with E-state index in [9.17, 15) is 22.0 Å². The van der Waals surface area contributed by atoms with Gasteiger partial charge in [0, 0.05) is 44.2 Å². The van der Waals surface area contributed by atoms with E-state index < -0.39 is 16.0 Å². The van der Waals surface area contributed by atoms with Crippen LogP contribution in [0, 0.1) is 0 Å². The van der Waals surface area contributed by atoms with Gasteiger partial charge in [0.1, 0.15) is 0 Å². The monoisotopic (exact) mass is 476 g/mol. The molecule has 7 nitrogen and oxygen atoms in total. The van der Waals surface area contributed by atoms with Gasteiger partial charge >= 0.3 is 0 Å². The van der Waals surface area contributed by atoms with Gasteiger partial charge in [-0.25, -0.2) is 0 Å². The summed E-state index contributed by atoms with van der Waals surface area (Å²) in [5.41, 5.74) is 0.355. The Morgan fingerprint density at radius 2 is 1.81 bits per heavy atom. The highest BCUT2D eigenvalue weighted by Crippen LogP contribution is 2.31. The Bertz CT molecular complexity index is 843. The summed E-state index contributed by atoms with van der Waals surface area (Å²) in [5.74, 6) is -2.88. The lowest BCUT2D eigenvalue weighted by Gasteiger charge is -2.38. The van der Waals surface area contributed by atoms with Crippen LogP contribution < -0.4 is 5.32 Å². The molecule has 1 amide bonds. The van der Waals surface area contributed by atoms with Crippen molar-refractivity contribution in [1.82, 2.24) is 13.5 Å². The topological polar surface area (TPSA) is 73.0 Å². The van der Waals surface area contributed by atoms with Crippen molar-refractivity contribution in [2.45, 2.75) is 48.8 Å². The summed E-state index contributed by atoms with van der Waals surface area (Å²) in [4.78, 5) is 14.6. The highest BCUT2D eigenvalue weighted by molar-refractivity contribution is 7.99. The maximum Gasteiger partial charge on any atom is 0.288 e. The predicted molar refractivity (Wildman–Crippen MR) is 119 cm³/mol.